The lowest BCUT2D eigenvalue weighted by Gasteiger charge is -2.49. The Bertz CT molecular complexity index is 890. The van der Waals surface area contributed by atoms with E-state index < -0.39 is 14.3 Å². The van der Waals surface area contributed by atoms with Crippen LogP contribution in [0.2, 0.25) is 18.1 Å². The van der Waals surface area contributed by atoms with Gasteiger partial charge in [-0.05, 0) is 48.3 Å². The molecule has 1 aromatic carbocycles. The molecule has 6 nitrogen and oxygen atoms in total. The van der Waals surface area contributed by atoms with Gasteiger partial charge in [0, 0.05) is 10.3 Å². The molecule has 1 aromatic rings. The molecule has 0 spiro atoms. The van der Waals surface area contributed by atoms with Gasteiger partial charge in [-0.1, -0.05) is 62.4 Å². The maximum absolute atomic E-state index is 13.3. The van der Waals surface area contributed by atoms with Gasteiger partial charge >= 0.3 is 5.97 Å². The van der Waals surface area contributed by atoms with E-state index >= 15 is 0 Å². The number of alkyl halides is 1. The normalized spacial score (nSPS) is 23.3. The maximum atomic E-state index is 13.3. The van der Waals surface area contributed by atoms with Crippen LogP contribution in [0.25, 0.3) is 0 Å². The molecule has 2 heterocycles. The largest absolute Gasteiger partial charge is 0.497 e. The molecule has 33 heavy (non-hydrogen) atoms. The van der Waals surface area contributed by atoms with Crippen LogP contribution in [0.15, 0.2) is 35.5 Å². The van der Waals surface area contributed by atoms with Gasteiger partial charge in [0.1, 0.15) is 18.1 Å². The number of carbonyl (C=O) groups is 2. The number of hydrogen-bond acceptors (Lipinski definition) is 5. The average Bonchev–Trinajstić information content (AvgIpc) is 3.09. The first-order valence-corrected chi connectivity index (χ1v) is 15.9. The number of ether oxygens (including phenoxy) is 2. The van der Waals surface area contributed by atoms with E-state index in [1.807, 2.05) is 31.2 Å². The predicted octanol–water partition coefficient (Wildman–Crippen LogP) is 5.31. The van der Waals surface area contributed by atoms with E-state index in [2.05, 4.69) is 50.3 Å². The molecule has 0 N–H and O–H groups in total. The van der Waals surface area contributed by atoms with Crippen molar-refractivity contribution in [1.29, 1.82) is 0 Å². The number of methoxy groups -OCH3 is 1. The summed E-state index contributed by atoms with van der Waals surface area (Å²) in [5.74, 6) is 0.220. The van der Waals surface area contributed by atoms with Gasteiger partial charge in [0.15, 0.2) is 8.32 Å². The molecule has 2 aliphatic heterocycles. The summed E-state index contributed by atoms with van der Waals surface area (Å²) in [4.78, 5) is 28.1. The van der Waals surface area contributed by atoms with Crippen molar-refractivity contribution in [1.82, 2.24) is 4.90 Å². The third-order valence-electron chi connectivity index (χ3n) is 7.54. The zero-order chi connectivity index (χ0) is 24.3. The van der Waals surface area contributed by atoms with Gasteiger partial charge in [-0.15, -0.1) is 0 Å². The van der Waals surface area contributed by atoms with Gasteiger partial charge in [-0.3, -0.25) is 4.79 Å². The fourth-order valence-electron chi connectivity index (χ4n) is 5.20. The Hall–Kier alpha value is -1.39. The van der Waals surface area contributed by atoms with Crippen molar-refractivity contribution in [2.75, 3.05) is 11.5 Å². The van der Waals surface area contributed by atoms with Crippen molar-refractivity contribution in [3.8, 4) is 5.75 Å². The summed E-state index contributed by atoms with van der Waals surface area (Å²) >= 11 is 2.28. The summed E-state index contributed by atoms with van der Waals surface area (Å²) in [6.07, 6.45) is -0.141. The van der Waals surface area contributed by atoms with Crippen LogP contribution in [0.5, 0.6) is 5.75 Å². The minimum Gasteiger partial charge on any atom is -0.497 e. The number of nitrogens with zero attached hydrogens (tertiary/aromatic N) is 1. The molecule has 0 bridgehead atoms. The van der Waals surface area contributed by atoms with E-state index in [1.54, 1.807) is 12.0 Å². The molecule has 0 aliphatic carbocycles. The second kappa shape index (κ2) is 10.9. The molecular formula is C25H36INO5Si. The van der Waals surface area contributed by atoms with Crippen LogP contribution in [0, 0.1) is 11.8 Å². The zero-order valence-electron chi connectivity index (χ0n) is 20.5. The quantitative estimate of drug-likeness (QED) is 0.116. The summed E-state index contributed by atoms with van der Waals surface area (Å²) in [7, 11) is -0.215. The van der Waals surface area contributed by atoms with E-state index in [-0.39, 0.29) is 36.5 Å². The Morgan fingerprint density at radius 1 is 1.15 bits per heavy atom. The van der Waals surface area contributed by atoms with E-state index in [4.69, 9.17) is 13.9 Å². The zero-order valence-corrected chi connectivity index (χ0v) is 23.7. The fraction of sp³-hybridized carbons (Fsp3) is 0.600. The fourth-order valence-corrected chi connectivity index (χ4v) is 9.19. The summed E-state index contributed by atoms with van der Waals surface area (Å²) in [6, 6.07) is 10.5. The number of rotatable bonds is 11. The Kier molecular flexibility index (Phi) is 8.66. The van der Waals surface area contributed by atoms with E-state index in [0.717, 1.165) is 35.0 Å². The molecule has 4 atom stereocenters. The minimum atomic E-state index is -1.83. The highest BCUT2D eigenvalue weighted by Crippen LogP contribution is 2.49. The predicted molar refractivity (Wildman–Crippen MR) is 140 cm³/mol. The van der Waals surface area contributed by atoms with Crippen LogP contribution in [-0.2, 0) is 25.4 Å². The lowest BCUT2D eigenvalue weighted by Crippen LogP contribution is -2.65. The third kappa shape index (κ3) is 4.88. The summed E-state index contributed by atoms with van der Waals surface area (Å²) in [6.45, 7) is 10.9. The Labute approximate surface area is 212 Å². The monoisotopic (exact) mass is 585 g/mol. The highest BCUT2D eigenvalue weighted by Gasteiger charge is 2.60. The summed E-state index contributed by atoms with van der Waals surface area (Å²) < 4.78 is 18.1. The van der Waals surface area contributed by atoms with Crippen LogP contribution in [0.4, 0.5) is 0 Å². The molecule has 8 heteroatoms. The Morgan fingerprint density at radius 2 is 1.76 bits per heavy atom. The van der Waals surface area contributed by atoms with Gasteiger partial charge in [0.25, 0.3) is 0 Å². The van der Waals surface area contributed by atoms with Crippen LogP contribution in [0.1, 0.15) is 40.2 Å². The highest BCUT2D eigenvalue weighted by molar-refractivity contribution is 14.1. The van der Waals surface area contributed by atoms with Crippen molar-refractivity contribution >= 4 is 42.8 Å². The average molecular weight is 586 g/mol. The molecule has 2 aliphatic rings. The molecule has 1 unspecified atom stereocenters. The Morgan fingerprint density at radius 3 is 2.27 bits per heavy atom. The second-order valence-corrected chi connectivity index (χ2v) is 14.5. The summed E-state index contributed by atoms with van der Waals surface area (Å²) in [5, 5.41) is 0. The number of hydrogen-bond donors (Lipinski definition) is 0. The summed E-state index contributed by atoms with van der Waals surface area (Å²) in [5.41, 5.74) is 2.31. The SMILES string of the molecule is CC[Si](CC)(CC)O[C@H](C)[C@H]1C(=O)N2C(C(=O)OCc3ccc(OC)cc3)=C(CI)[C@H](C)C12. The highest BCUT2D eigenvalue weighted by atomic mass is 127. The van der Waals surface area contributed by atoms with Gasteiger partial charge in [0.05, 0.1) is 25.2 Å². The first-order valence-electron chi connectivity index (χ1n) is 11.9. The number of benzene rings is 1. The van der Waals surface area contributed by atoms with Crippen molar-refractivity contribution in [3.05, 3.63) is 41.1 Å². The number of esters is 1. The van der Waals surface area contributed by atoms with Gasteiger partial charge in [0.2, 0.25) is 5.91 Å². The van der Waals surface area contributed by atoms with Crippen molar-refractivity contribution in [2.45, 2.75) is 71.5 Å². The van der Waals surface area contributed by atoms with E-state index in [9.17, 15) is 9.59 Å². The Balaban J connectivity index is 1.73. The molecule has 0 saturated carbocycles. The van der Waals surface area contributed by atoms with Crippen molar-refractivity contribution < 1.29 is 23.5 Å². The lowest BCUT2D eigenvalue weighted by atomic mass is 9.78. The van der Waals surface area contributed by atoms with Gasteiger partial charge in [-0.2, -0.15) is 0 Å². The van der Waals surface area contributed by atoms with Gasteiger partial charge < -0.3 is 18.8 Å². The number of halogens is 1. The van der Waals surface area contributed by atoms with Gasteiger partial charge in [-0.25, -0.2) is 4.79 Å². The second-order valence-electron chi connectivity index (χ2n) is 9.01. The lowest BCUT2D eigenvalue weighted by molar-refractivity contribution is -0.163. The smallest absolute Gasteiger partial charge is 0.355 e. The van der Waals surface area contributed by atoms with E-state index in [1.165, 1.54) is 0 Å². The number of carbonyl (C=O) groups excluding carboxylic acids is 2. The molecule has 1 fully saturated rings. The molecule has 0 aromatic heterocycles. The topological polar surface area (TPSA) is 65.1 Å². The molecular weight excluding hydrogens is 549 g/mol. The standard InChI is InChI=1S/C25H36INO5Si/c1-7-33(8-2,9-3)32-17(5)21-22-16(4)20(14-26)23(27(22)24(21)28)25(29)31-15-18-10-12-19(30-6)13-11-18/h10-13,16-17,21-22H,7-9,14-15H2,1-6H3/t16-,17+,21+,22?/m0/s1. The van der Waals surface area contributed by atoms with Crippen LogP contribution in [-0.4, -0.2) is 48.8 Å². The van der Waals surface area contributed by atoms with Crippen molar-refractivity contribution in [3.63, 3.8) is 0 Å². The first kappa shape index (κ1) is 26.2. The number of amides is 1. The third-order valence-corrected chi connectivity index (χ3v) is 13.1. The molecule has 1 saturated heterocycles. The number of fused-ring (bicyclic) bond motifs is 1. The van der Waals surface area contributed by atoms with Crippen LogP contribution < -0.4 is 4.74 Å². The molecule has 0 radical (unpaired) electrons. The number of β-lactam (4-membered cyclic amide) rings is 1. The molecule has 1 amide bonds. The minimum absolute atomic E-state index is 0.0122. The van der Waals surface area contributed by atoms with Crippen molar-refractivity contribution in [2.24, 2.45) is 11.8 Å². The van der Waals surface area contributed by atoms with Crippen LogP contribution in [0.3, 0.4) is 0 Å². The molecule has 182 valence electrons. The van der Waals surface area contributed by atoms with Crippen LogP contribution >= 0.6 is 22.6 Å². The first-order chi connectivity index (χ1) is 15.8. The molecule has 3 rings (SSSR count). The maximum Gasteiger partial charge on any atom is 0.355 e. The van der Waals surface area contributed by atoms with E-state index in [0.29, 0.717) is 10.1 Å².